The van der Waals surface area contributed by atoms with Crippen LogP contribution in [0.2, 0.25) is 0 Å². The van der Waals surface area contributed by atoms with Crippen molar-refractivity contribution in [3.05, 3.63) is 68.7 Å². The second-order valence-corrected chi connectivity index (χ2v) is 7.16. The van der Waals surface area contributed by atoms with Crippen LogP contribution in [0.15, 0.2) is 63.2 Å². The largest absolute Gasteiger partial charge is 0.506 e. The number of aliphatic carboxylic acids is 1. The molecule has 0 aliphatic carbocycles. The van der Waals surface area contributed by atoms with Gasteiger partial charge in [-0.15, -0.1) is 0 Å². The molecule has 7 heteroatoms. The van der Waals surface area contributed by atoms with Crippen LogP contribution in [0, 0.1) is 0 Å². The minimum atomic E-state index is -1.18. The molecule has 0 amide bonds. The Kier molecular flexibility index (Phi) is 5.20. The molecule has 0 unspecified atom stereocenters. The molecule has 0 atom stereocenters. The Hall–Kier alpha value is -2.51. The molecule has 0 saturated heterocycles. The second-order valence-electron chi connectivity index (χ2n) is 5.51. The molecular weight excluding hydrogens is 466 g/mol. The highest BCUT2D eigenvalue weighted by molar-refractivity contribution is 9.11. The molecule has 4 N–H and O–H groups in total. The molecule has 0 heterocycles. The van der Waals surface area contributed by atoms with E-state index in [0.717, 1.165) is 10.8 Å². The number of phenolic OH excluding ortho intramolecular Hbond substituents is 2. The zero-order valence-electron chi connectivity index (χ0n) is 13.2. The van der Waals surface area contributed by atoms with Gasteiger partial charge in [0.15, 0.2) is 0 Å². The first-order valence-corrected chi connectivity index (χ1v) is 9.06. The first kappa shape index (κ1) is 18.3. The first-order chi connectivity index (χ1) is 12.4. The van der Waals surface area contributed by atoms with Crippen molar-refractivity contribution in [1.29, 1.82) is 0 Å². The third-order valence-electron chi connectivity index (χ3n) is 3.76. The predicted molar refractivity (Wildman–Crippen MR) is 108 cm³/mol. The van der Waals surface area contributed by atoms with Crippen LogP contribution < -0.4 is 5.32 Å². The Balaban J connectivity index is 2.01. The van der Waals surface area contributed by atoms with Crippen LogP contribution in [0.1, 0.15) is 5.56 Å². The summed E-state index contributed by atoms with van der Waals surface area (Å²) in [6.45, 7) is 0. The third-order valence-corrected chi connectivity index (χ3v) is 5.11. The topological polar surface area (TPSA) is 89.8 Å². The summed E-state index contributed by atoms with van der Waals surface area (Å²) in [6.07, 6.45) is 1.29. The van der Waals surface area contributed by atoms with E-state index in [0.29, 0.717) is 10.2 Å². The molecular formula is C19H13Br2NO4. The predicted octanol–water partition coefficient (Wildman–Crippen LogP) is 5.31. The fourth-order valence-corrected chi connectivity index (χ4v) is 3.61. The normalized spacial score (nSPS) is 11.5. The van der Waals surface area contributed by atoms with Crippen molar-refractivity contribution < 1.29 is 20.1 Å². The zero-order valence-corrected chi connectivity index (χ0v) is 16.4. The lowest BCUT2D eigenvalue weighted by molar-refractivity contribution is -0.132. The number of hydrogen-bond acceptors (Lipinski definition) is 4. The maximum absolute atomic E-state index is 11.6. The maximum atomic E-state index is 11.6. The first-order valence-electron chi connectivity index (χ1n) is 7.47. The number of rotatable bonds is 4. The van der Waals surface area contributed by atoms with Crippen molar-refractivity contribution in [2.45, 2.75) is 0 Å². The molecule has 3 aromatic rings. The minimum absolute atomic E-state index is 0.0774. The number of fused-ring (bicyclic) bond motifs is 1. The Morgan fingerprint density at radius 1 is 0.962 bits per heavy atom. The monoisotopic (exact) mass is 477 g/mol. The van der Waals surface area contributed by atoms with Crippen molar-refractivity contribution in [1.82, 2.24) is 0 Å². The van der Waals surface area contributed by atoms with Gasteiger partial charge in [0.25, 0.3) is 0 Å². The summed E-state index contributed by atoms with van der Waals surface area (Å²) in [7, 11) is 0. The van der Waals surface area contributed by atoms with E-state index in [9.17, 15) is 20.1 Å². The van der Waals surface area contributed by atoms with Crippen LogP contribution in [0.5, 0.6) is 11.5 Å². The molecule has 0 saturated carbocycles. The molecule has 26 heavy (non-hydrogen) atoms. The number of benzene rings is 3. The van der Waals surface area contributed by atoms with E-state index in [-0.39, 0.29) is 27.2 Å². The van der Waals surface area contributed by atoms with Gasteiger partial charge in [0.2, 0.25) is 0 Å². The number of phenols is 2. The highest BCUT2D eigenvalue weighted by Crippen LogP contribution is 2.42. The average Bonchev–Trinajstić information content (AvgIpc) is 2.63. The standard InChI is InChI=1S/C19H13Br2NO4/c20-14-8-12(17(23)16(21)18(14)24)9-15(19(25)26)22-13-6-5-10-3-1-2-4-11(10)7-13/h1-9,22-24H,(H,25,26). The van der Waals surface area contributed by atoms with Gasteiger partial charge in [0.1, 0.15) is 21.7 Å². The van der Waals surface area contributed by atoms with Crippen molar-refractivity contribution >= 4 is 60.4 Å². The molecule has 3 rings (SSSR count). The van der Waals surface area contributed by atoms with Gasteiger partial charge in [-0.3, -0.25) is 0 Å². The van der Waals surface area contributed by atoms with Crippen LogP contribution >= 0.6 is 31.9 Å². The number of halogens is 2. The minimum Gasteiger partial charge on any atom is -0.506 e. The summed E-state index contributed by atoms with van der Waals surface area (Å²) in [5.74, 6) is -1.61. The van der Waals surface area contributed by atoms with Crippen LogP contribution in [-0.4, -0.2) is 21.3 Å². The Labute approximate surface area is 165 Å². The Morgan fingerprint density at radius 3 is 2.35 bits per heavy atom. The average molecular weight is 479 g/mol. The summed E-state index contributed by atoms with van der Waals surface area (Å²) in [4.78, 5) is 11.6. The lowest BCUT2D eigenvalue weighted by atomic mass is 10.1. The molecule has 0 radical (unpaired) electrons. The molecule has 0 aliphatic heterocycles. The zero-order chi connectivity index (χ0) is 18.8. The van der Waals surface area contributed by atoms with Gasteiger partial charge >= 0.3 is 5.97 Å². The smallest absolute Gasteiger partial charge is 0.352 e. The third kappa shape index (κ3) is 3.68. The van der Waals surface area contributed by atoms with E-state index in [1.165, 1.54) is 12.1 Å². The van der Waals surface area contributed by atoms with E-state index in [2.05, 4.69) is 37.2 Å². The fourth-order valence-electron chi connectivity index (χ4n) is 2.46. The lowest BCUT2D eigenvalue weighted by Crippen LogP contribution is -2.10. The Morgan fingerprint density at radius 2 is 1.65 bits per heavy atom. The molecule has 0 fully saturated rings. The van der Waals surface area contributed by atoms with Crippen molar-refractivity contribution in [3.8, 4) is 11.5 Å². The van der Waals surface area contributed by atoms with Gasteiger partial charge in [0.05, 0.1) is 4.47 Å². The van der Waals surface area contributed by atoms with Crippen molar-refractivity contribution in [2.75, 3.05) is 5.32 Å². The highest BCUT2D eigenvalue weighted by atomic mass is 79.9. The van der Waals surface area contributed by atoms with Crippen LogP contribution in [0.25, 0.3) is 16.8 Å². The number of carboxylic acids is 1. The van der Waals surface area contributed by atoms with Crippen molar-refractivity contribution in [2.24, 2.45) is 0 Å². The van der Waals surface area contributed by atoms with Gasteiger partial charge in [-0.2, -0.15) is 0 Å². The van der Waals surface area contributed by atoms with E-state index in [1.807, 2.05) is 36.4 Å². The molecule has 0 spiro atoms. The van der Waals surface area contributed by atoms with Gasteiger partial charge in [-0.05, 0) is 66.9 Å². The van der Waals surface area contributed by atoms with Gasteiger partial charge in [-0.1, -0.05) is 30.3 Å². The molecule has 0 aliphatic rings. The van der Waals surface area contributed by atoms with E-state index >= 15 is 0 Å². The number of carbonyl (C=O) groups is 1. The molecule has 132 valence electrons. The summed E-state index contributed by atoms with van der Waals surface area (Å²) in [5, 5.41) is 34.3. The fraction of sp³-hybridized carbons (Fsp3) is 0. The van der Waals surface area contributed by atoms with E-state index in [1.54, 1.807) is 6.07 Å². The van der Waals surface area contributed by atoms with E-state index < -0.39 is 5.97 Å². The van der Waals surface area contributed by atoms with Crippen LogP contribution in [-0.2, 0) is 4.79 Å². The molecule has 3 aromatic carbocycles. The Bertz CT molecular complexity index is 1050. The van der Waals surface area contributed by atoms with Crippen LogP contribution in [0.4, 0.5) is 5.69 Å². The summed E-state index contributed by atoms with van der Waals surface area (Å²) < 4.78 is 0.400. The number of carboxylic acid groups (broad SMARTS) is 1. The summed E-state index contributed by atoms with van der Waals surface area (Å²) in [6, 6.07) is 14.7. The molecule has 0 aromatic heterocycles. The van der Waals surface area contributed by atoms with Crippen molar-refractivity contribution in [3.63, 3.8) is 0 Å². The van der Waals surface area contributed by atoms with Crippen LogP contribution in [0.3, 0.4) is 0 Å². The van der Waals surface area contributed by atoms with Gasteiger partial charge < -0.3 is 20.6 Å². The molecule has 5 nitrogen and oxygen atoms in total. The number of anilines is 1. The summed E-state index contributed by atoms with van der Waals surface area (Å²) in [5.41, 5.74) is 0.709. The lowest BCUT2D eigenvalue weighted by Gasteiger charge is -2.11. The van der Waals surface area contributed by atoms with Gasteiger partial charge in [0, 0.05) is 11.3 Å². The SMILES string of the molecule is O=C(O)C(=Cc1cc(Br)c(O)c(Br)c1O)Nc1ccc2ccccc2c1. The quantitative estimate of drug-likeness (QED) is 0.381. The summed E-state index contributed by atoms with van der Waals surface area (Å²) >= 11 is 6.24. The maximum Gasteiger partial charge on any atom is 0.352 e. The molecule has 0 bridgehead atoms. The number of hydrogen-bond donors (Lipinski definition) is 4. The van der Waals surface area contributed by atoms with E-state index in [4.69, 9.17) is 0 Å². The highest BCUT2D eigenvalue weighted by Gasteiger charge is 2.15. The van der Waals surface area contributed by atoms with Gasteiger partial charge in [-0.25, -0.2) is 4.79 Å². The number of aromatic hydroxyl groups is 2. The second kappa shape index (κ2) is 7.39. The number of nitrogens with one attached hydrogen (secondary N) is 1.